The lowest BCUT2D eigenvalue weighted by Gasteiger charge is -2.32. The SMILES string of the molecule is Cc1nccn1-c1cccc([C@@H]2CCCN(C(=O)CCc3ccc(F)cc3)C2)n1. The fourth-order valence-electron chi connectivity index (χ4n) is 3.93. The van der Waals surface area contributed by atoms with E-state index in [1.807, 2.05) is 40.8 Å². The number of nitrogens with zero attached hydrogens (tertiary/aromatic N) is 4. The van der Waals surface area contributed by atoms with Crippen molar-refractivity contribution in [1.82, 2.24) is 19.4 Å². The molecule has 1 aliphatic heterocycles. The number of aryl methyl sites for hydroxylation is 2. The van der Waals surface area contributed by atoms with Crippen molar-refractivity contribution in [3.05, 3.63) is 77.8 Å². The molecule has 0 radical (unpaired) electrons. The molecule has 6 heteroatoms. The molecule has 2 aromatic heterocycles. The van der Waals surface area contributed by atoms with Crippen molar-refractivity contribution in [2.45, 2.75) is 38.5 Å². The molecule has 4 rings (SSSR count). The molecule has 1 saturated heterocycles. The largest absolute Gasteiger partial charge is 0.342 e. The minimum atomic E-state index is -0.250. The number of piperidine rings is 1. The highest BCUT2D eigenvalue weighted by Crippen LogP contribution is 2.27. The molecular weight excluding hydrogens is 367 g/mol. The van der Waals surface area contributed by atoms with Gasteiger partial charge in [0.1, 0.15) is 17.5 Å². The van der Waals surface area contributed by atoms with E-state index in [9.17, 15) is 9.18 Å². The van der Waals surface area contributed by atoms with Gasteiger partial charge in [0.25, 0.3) is 0 Å². The van der Waals surface area contributed by atoms with Crippen LogP contribution in [0.4, 0.5) is 4.39 Å². The van der Waals surface area contributed by atoms with E-state index in [1.165, 1.54) is 12.1 Å². The number of benzene rings is 1. The van der Waals surface area contributed by atoms with Crippen molar-refractivity contribution in [1.29, 1.82) is 0 Å². The Hall–Kier alpha value is -3.02. The molecule has 0 aliphatic carbocycles. The molecule has 1 aromatic carbocycles. The lowest BCUT2D eigenvalue weighted by atomic mass is 9.94. The van der Waals surface area contributed by atoms with Crippen molar-refractivity contribution >= 4 is 5.91 Å². The minimum absolute atomic E-state index is 0.153. The van der Waals surface area contributed by atoms with Crippen LogP contribution in [0, 0.1) is 12.7 Å². The van der Waals surface area contributed by atoms with Crippen LogP contribution in [0.2, 0.25) is 0 Å². The minimum Gasteiger partial charge on any atom is -0.342 e. The maximum Gasteiger partial charge on any atom is 0.222 e. The molecule has 0 spiro atoms. The van der Waals surface area contributed by atoms with Gasteiger partial charge in [-0.1, -0.05) is 18.2 Å². The van der Waals surface area contributed by atoms with Crippen LogP contribution in [0.1, 0.15) is 42.3 Å². The quantitative estimate of drug-likeness (QED) is 0.658. The summed E-state index contributed by atoms with van der Waals surface area (Å²) >= 11 is 0. The van der Waals surface area contributed by atoms with E-state index in [1.54, 1.807) is 18.3 Å². The van der Waals surface area contributed by atoms with Gasteiger partial charge in [-0.3, -0.25) is 9.36 Å². The van der Waals surface area contributed by atoms with Gasteiger partial charge in [-0.15, -0.1) is 0 Å². The molecule has 1 aliphatic rings. The second kappa shape index (κ2) is 8.55. The van der Waals surface area contributed by atoms with E-state index >= 15 is 0 Å². The molecular formula is C23H25FN4O. The van der Waals surface area contributed by atoms with Crippen molar-refractivity contribution in [3.8, 4) is 5.82 Å². The maximum absolute atomic E-state index is 13.0. The van der Waals surface area contributed by atoms with E-state index in [0.717, 1.165) is 42.3 Å². The van der Waals surface area contributed by atoms with Gasteiger partial charge >= 0.3 is 0 Å². The van der Waals surface area contributed by atoms with Gasteiger partial charge < -0.3 is 4.90 Å². The molecule has 0 N–H and O–H groups in total. The molecule has 3 heterocycles. The summed E-state index contributed by atoms with van der Waals surface area (Å²) in [6.07, 6.45) is 6.76. The Morgan fingerprint density at radius 3 is 2.79 bits per heavy atom. The van der Waals surface area contributed by atoms with Gasteiger partial charge in [0.15, 0.2) is 0 Å². The zero-order valence-electron chi connectivity index (χ0n) is 16.6. The fourth-order valence-corrected chi connectivity index (χ4v) is 3.93. The first-order valence-electron chi connectivity index (χ1n) is 10.1. The third-order valence-corrected chi connectivity index (χ3v) is 5.56. The highest BCUT2D eigenvalue weighted by atomic mass is 19.1. The number of likely N-dealkylation sites (tertiary alicyclic amines) is 1. The highest BCUT2D eigenvalue weighted by molar-refractivity contribution is 5.76. The van der Waals surface area contributed by atoms with Crippen LogP contribution in [0.15, 0.2) is 54.9 Å². The number of aromatic nitrogens is 3. The van der Waals surface area contributed by atoms with Crippen LogP contribution in [-0.4, -0.2) is 38.4 Å². The average Bonchev–Trinajstić information content (AvgIpc) is 3.19. The van der Waals surface area contributed by atoms with Crippen LogP contribution in [0.3, 0.4) is 0 Å². The average molecular weight is 392 g/mol. The van der Waals surface area contributed by atoms with Gasteiger partial charge in [0, 0.05) is 43.5 Å². The number of imidazole rings is 1. The van der Waals surface area contributed by atoms with Gasteiger partial charge in [-0.2, -0.15) is 0 Å². The summed E-state index contributed by atoms with van der Waals surface area (Å²) in [6.45, 7) is 3.44. The summed E-state index contributed by atoms with van der Waals surface area (Å²) in [4.78, 5) is 23.8. The molecule has 1 fully saturated rings. The number of halogens is 1. The van der Waals surface area contributed by atoms with Gasteiger partial charge in [-0.05, 0) is 56.0 Å². The predicted octanol–water partition coefficient (Wildman–Crippen LogP) is 4.05. The molecule has 29 heavy (non-hydrogen) atoms. The van der Waals surface area contributed by atoms with E-state index in [2.05, 4.69) is 4.98 Å². The first kappa shape index (κ1) is 19.3. The number of carbonyl (C=O) groups is 1. The lowest BCUT2D eigenvalue weighted by molar-refractivity contribution is -0.132. The summed E-state index contributed by atoms with van der Waals surface area (Å²) in [5.74, 6) is 1.90. The Labute approximate surface area is 170 Å². The molecule has 150 valence electrons. The monoisotopic (exact) mass is 392 g/mol. The van der Waals surface area contributed by atoms with Crippen molar-refractivity contribution in [2.75, 3.05) is 13.1 Å². The zero-order chi connectivity index (χ0) is 20.2. The number of hydrogen-bond donors (Lipinski definition) is 0. The Bertz CT molecular complexity index is 983. The number of carbonyl (C=O) groups excluding carboxylic acids is 1. The van der Waals surface area contributed by atoms with Crippen molar-refractivity contribution < 1.29 is 9.18 Å². The topological polar surface area (TPSA) is 51.0 Å². The molecule has 3 aromatic rings. The Balaban J connectivity index is 1.41. The van der Waals surface area contributed by atoms with Gasteiger partial charge in [-0.25, -0.2) is 14.4 Å². The smallest absolute Gasteiger partial charge is 0.222 e. The van der Waals surface area contributed by atoms with Gasteiger partial charge in [0.05, 0.1) is 0 Å². The summed E-state index contributed by atoms with van der Waals surface area (Å²) in [5.41, 5.74) is 2.00. The predicted molar refractivity (Wildman–Crippen MR) is 109 cm³/mol. The summed E-state index contributed by atoms with van der Waals surface area (Å²) in [6, 6.07) is 12.4. The van der Waals surface area contributed by atoms with Crippen LogP contribution in [-0.2, 0) is 11.2 Å². The molecule has 5 nitrogen and oxygen atoms in total. The Morgan fingerprint density at radius 1 is 1.21 bits per heavy atom. The molecule has 1 atom stereocenters. The first-order valence-corrected chi connectivity index (χ1v) is 10.1. The first-order chi connectivity index (χ1) is 14.1. The van der Waals surface area contributed by atoms with Crippen LogP contribution < -0.4 is 0 Å². The van der Waals surface area contributed by atoms with Crippen LogP contribution >= 0.6 is 0 Å². The molecule has 0 unspecified atom stereocenters. The third-order valence-electron chi connectivity index (χ3n) is 5.56. The Morgan fingerprint density at radius 2 is 2.03 bits per heavy atom. The number of hydrogen-bond acceptors (Lipinski definition) is 3. The van der Waals surface area contributed by atoms with E-state index in [-0.39, 0.29) is 17.6 Å². The van der Waals surface area contributed by atoms with Gasteiger partial charge in [0.2, 0.25) is 5.91 Å². The zero-order valence-corrected chi connectivity index (χ0v) is 16.6. The van der Waals surface area contributed by atoms with Crippen molar-refractivity contribution in [3.63, 3.8) is 0 Å². The van der Waals surface area contributed by atoms with Crippen LogP contribution in [0.5, 0.6) is 0 Å². The highest BCUT2D eigenvalue weighted by Gasteiger charge is 2.25. The lowest BCUT2D eigenvalue weighted by Crippen LogP contribution is -2.39. The molecule has 0 bridgehead atoms. The van der Waals surface area contributed by atoms with E-state index in [0.29, 0.717) is 19.4 Å². The summed E-state index contributed by atoms with van der Waals surface area (Å²) in [5, 5.41) is 0. The normalized spacial score (nSPS) is 16.8. The number of amides is 1. The Kier molecular flexibility index (Phi) is 5.69. The summed E-state index contributed by atoms with van der Waals surface area (Å²) in [7, 11) is 0. The molecule has 0 saturated carbocycles. The second-order valence-corrected chi connectivity index (χ2v) is 7.57. The van der Waals surface area contributed by atoms with E-state index in [4.69, 9.17) is 4.98 Å². The third kappa shape index (κ3) is 4.53. The van der Waals surface area contributed by atoms with Crippen LogP contribution in [0.25, 0.3) is 5.82 Å². The number of rotatable bonds is 5. The maximum atomic E-state index is 13.0. The fraction of sp³-hybridized carbons (Fsp3) is 0.348. The standard InChI is InChI=1S/C23H25FN4O/c1-17-25-13-15-28(17)22-6-2-5-21(26-22)19-4-3-14-27(16-19)23(29)12-9-18-7-10-20(24)11-8-18/h2,5-8,10-11,13,15,19H,3-4,9,12,14,16H2,1H3/t19-/m1/s1. The van der Waals surface area contributed by atoms with E-state index < -0.39 is 0 Å². The summed E-state index contributed by atoms with van der Waals surface area (Å²) < 4.78 is 15.0. The second-order valence-electron chi connectivity index (χ2n) is 7.57. The number of pyridine rings is 1. The molecule has 1 amide bonds. The van der Waals surface area contributed by atoms with Crippen molar-refractivity contribution in [2.24, 2.45) is 0 Å².